The average Bonchev–Trinajstić information content (AvgIpc) is 3.17. The van der Waals surface area contributed by atoms with Crippen LogP contribution in [0, 0.1) is 0 Å². The molecule has 1 aromatic heterocycles. The predicted octanol–water partition coefficient (Wildman–Crippen LogP) is 2.79. The molecule has 1 amide bonds. The fourth-order valence-corrected chi connectivity index (χ4v) is 5.32. The van der Waals surface area contributed by atoms with Crippen LogP contribution in [0.5, 0.6) is 5.75 Å². The van der Waals surface area contributed by atoms with Gasteiger partial charge in [0, 0.05) is 32.0 Å². The number of carbonyl (C=O) groups excluding carboxylic acids is 1. The molecule has 2 aromatic rings. The van der Waals surface area contributed by atoms with Crippen LogP contribution in [0.3, 0.4) is 0 Å². The third-order valence-electron chi connectivity index (χ3n) is 4.33. The normalized spacial score (nSPS) is 16.8. The summed E-state index contributed by atoms with van der Waals surface area (Å²) in [5.41, 5.74) is 0.990. The summed E-state index contributed by atoms with van der Waals surface area (Å²) in [6.45, 7) is 0.877. The van der Waals surface area contributed by atoms with E-state index in [4.69, 9.17) is 4.74 Å². The number of hydrogen-bond acceptors (Lipinski definition) is 5. The van der Waals surface area contributed by atoms with Gasteiger partial charge in [0.25, 0.3) is 10.0 Å². The van der Waals surface area contributed by atoms with Crippen molar-refractivity contribution in [2.45, 2.75) is 29.5 Å². The van der Waals surface area contributed by atoms with Gasteiger partial charge in [0.15, 0.2) is 0 Å². The maximum Gasteiger partial charge on any atom is 0.252 e. The predicted molar refractivity (Wildman–Crippen MR) is 101 cm³/mol. The van der Waals surface area contributed by atoms with Crippen molar-refractivity contribution >= 4 is 27.3 Å². The first-order chi connectivity index (χ1) is 12.5. The van der Waals surface area contributed by atoms with E-state index in [2.05, 4.69) is 5.32 Å². The number of thiophene rings is 1. The molecule has 1 aliphatic rings. The maximum atomic E-state index is 12.3. The lowest BCUT2D eigenvalue weighted by Gasteiger charge is -2.26. The highest BCUT2D eigenvalue weighted by Crippen LogP contribution is 2.31. The van der Waals surface area contributed by atoms with Gasteiger partial charge in [0.2, 0.25) is 5.91 Å². The van der Waals surface area contributed by atoms with E-state index in [1.165, 1.54) is 15.6 Å². The largest absolute Gasteiger partial charge is 0.493 e. The molecule has 0 radical (unpaired) electrons. The fraction of sp³-hybridized carbons (Fsp3) is 0.389. The van der Waals surface area contributed by atoms with Crippen LogP contribution in [0.25, 0.3) is 0 Å². The molecule has 1 unspecified atom stereocenters. The SMILES string of the molecule is CN(CCCC(=O)NC1CCOc2ccccc21)S(=O)(=O)c1cccs1. The number of sulfonamides is 1. The van der Waals surface area contributed by atoms with Gasteiger partial charge < -0.3 is 10.1 Å². The molecule has 0 bridgehead atoms. The van der Waals surface area contributed by atoms with E-state index >= 15 is 0 Å². The van der Waals surface area contributed by atoms with E-state index < -0.39 is 10.0 Å². The van der Waals surface area contributed by atoms with Gasteiger partial charge in [-0.2, -0.15) is 0 Å². The molecule has 6 nitrogen and oxygen atoms in total. The fourth-order valence-electron chi connectivity index (χ4n) is 2.90. The number of amides is 1. The van der Waals surface area contributed by atoms with Crippen LogP contribution >= 0.6 is 11.3 Å². The van der Waals surface area contributed by atoms with Crippen molar-refractivity contribution in [3.05, 3.63) is 47.3 Å². The van der Waals surface area contributed by atoms with Crippen LogP contribution in [0.4, 0.5) is 0 Å². The smallest absolute Gasteiger partial charge is 0.252 e. The first-order valence-corrected chi connectivity index (χ1v) is 10.8. The van der Waals surface area contributed by atoms with Crippen LogP contribution in [0.2, 0.25) is 0 Å². The van der Waals surface area contributed by atoms with E-state index in [0.29, 0.717) is 23.8 Å². The summed E-state index contributed by atoms with van der Waals surface area (Å²) in [5, 5.41) is 4.77. The van der Waals surface area contributed by atoms with Crippen molar-refractivity contribution in [3.8, 4) is 5.75 Å². The Labute approximate surface area is 157 Å². The molecule has 3 rings (SSSR count). The van der Waals surface area contributed by atoms with Crippen LogP contribution in [-0.2, 0) is 14.8 Å². The summed E-state index contributed by atoms with van der Waals surface area (Å²) >= 11 is 1.19. The third-order valence-corrected chi connectivity index (χ3v) is 7.56. The summed E-state index contributed by atoms with van der Waals surface area (Å²) in [6.07, 6.45) is 1.48. The number of carbonyl (C=O) groups is 1. The van der Waals surface area contributed by atoms with Gasteiger partial charge in [0.1, 0.15) is 9.96 Å². The number of fused-ring (bicyclic) bond motifs is 1. The molecule has 1 aliphatic heterocycles. The molecule has 8 heteroatoms. The van der Waals surface area contributed by atoms with Gasteiger partial charge in [-0.15, -0.1) is 11.3 Å². The second kappa shape index (κ2) is 8.20. The van der Waals surface area contributed by atoms with Crippen molar-refractivity contribution in [1.82, 2.24) is 9.62 Å². The van der Waals surface area contributed by atoms with Crippen molar-refractivity contribution in [2.75, 3.05) is 20.2 Å². The van der Waals surface area contributed by atoms with E-state index in [-0.39, 0.29) is 18.4 Å². The van der Waals surface area contributed by atoms with Crippen molar-refractivity contribution in [3.63, 3.8) is 0 Å². The van der Waals surface area contributed by atoms with Gasteiger partial charge in [-0.25, -0.2) is 12.7 Å². The number of rotatable bonds is 7. The lowest BCUT2D eigenvalue weighted by Crippen LogP contribution is -2.33. The zero-order chi connectivity index (χ0) is 18.6. The van der Waals surface area contributed by atoms with Gasteiger partial charge in [-0.3, -0.25) is 4.79 Å². The highest BCUT2D eigenvalue weighted by Gasteiger charge is 2.24. The Balaban J connectivity index is 1.49. The average molecular weight is 395 g/mol. The van der Waals surface area contributed by atoms with Crippen molar-refractivity contribution < 1.29 is 17.9 Å². The minimum absolute atomic E-state index is 0.0555. The lowest BCUT2D eigenvalue weighted by atomic mass is 10.0. The summed E-state index contributed by atoms with van der Waals surface area (Å²) in [5.74, 6) is 0.736. The highest BCUT2D eigenvalue weighted by molar-refractivity contribution is 7.91. The molecular weight excluding hydrogens is 372 g/mol. The van der Waals surface area contributed by atoms with E-state index in [0.717, 1.165) is 17.7 Å². The Morgan fingerprint density at radius 3 is 2.88 bits per heavy atom. The van der Waals surface area contributed by atoms with Gasteiger partial charge in [-0.05, 0) is 23.9 Å². The summed E-state index contributed by atoms with van der Waals surface area (Å²) in [6, 6.07) is 10.9. The molecule has 0 fully saturated rings. The Bertz CT molecular complexity index is 850. The van der Waals surface area contributed by atoms with Gasteiger partial charge in [-0.1, -0.05) is 24.3 Å². The van der Waals surface area contributed by atoms with Crippen LogP contribution in [-0.4, -0.2) is 38.8 Å². The molecule has 140 valence electrons. The van der Waals surface area contributed by atoms with Crippen molar-refractivity contribution in [2.24, 2.45) is 0 Å². The lowest BCUT2D eigenvalue weighted by molar-refractivity contribution is -0.122. The minimum Gasteiger partial charge on any atom is -0.493 e. The Hall–Kier alpha value is -1.90. The van der Waals surface area contributed by atoms with E-state index in [9.17, 15) is 13.2 Å². The van der Waals surface area contributed by atoms with E-state index in [1.807, 2.05) is 24.3 Å². The molecule has 0 saturated heterocycles. The minimum atomic E-state index is -3.46. The van der Waals surface area contributed by atoms with Crippen LogP contribution in [0.1, 0.15) is 30.9 Å². The monoisotopic (exact) mass is 394 g/mol. The molecule has 26 heavy (non-hydrogen) atoms. The standard InChI is InChI=1S/C18H22N2O4S2/c1-20(26(22,23)18-9-5-13-25-18)11-4-8-17(21)19-15-10-12-24-16-7-3-2-6-14(15)16/h2-3,5-7,9,13,15H,4,8,10-12H2,1H3,(H,19,21). The Morgan fingerprint density at radius 2 is 2.12 bits per heavy atom. The quantitative estimate of drug-likeness (QED) is 0.784. The summed E-state index contributed by atoms with van der Waals surface area (Å²) < 4.78 is 31.9. The number of nitrogens with zero attached hydrogens (tertiary/aromatic N) is 1. The Morgan fingerprint density at radius 1 is 1.31 bits per heavy atom. The van der Waals surface area contributed by atoms with Crippen LogP contribution in [0.15, 0.2) is 46.0 Å². The third kappa shape index (κ3) is 4.25. The Kier molecular flexibility index (Phi) is 5.95. The van der Waals surface area contributed by atoms with Gasteiger partial charge >= 0.3 is 0 Å². The first-order valence-electron chi connectivity index (χ1n) is 8.49. The van der Waals surface area contributed by atoms with Crippen molar-refractivity contribution in [1.29, 1.82) is 0 Å². The zero-order valence-corrected chi connectivity index (χ0v) is 16.2. The molecule has 0 spiro atoms. The maximum absolute atomic E-state index is 12.3. The molecule has 1 aromatic carbocycles. The summed E-state index contributed by atoms with van der Waals surface area (Å²) in [4.78, 5) is 12.3. The number of benzene rings is 1. The number of hydrogen-bond donors (Lipinski definition) is 1. The molecular formula is C18H22N2O4S2. The molecule has 1 N–H and O–H groups in total. The first kappa shape index (κ1) is 18.9. The molecule has 0 aliphatic carbocycles. The highest BCUT2D eigenvalue weighted by atomic mass is 32.2. The van der Waals surface area contributed by atoms with Crippen LogP contribution < -0.4 is 10.1 Å². The second-order valence-corrected chi connectivity index (χ2v) is 9.38. The molecule has 2 heterocycles. The second-order valence-electron chi connectivity index (χ2n) is 6.16. The molecule has 0 saturated carbocycles. The number of para-hydroxylation sites is 1. The van der Waals surface area contributed by atoms with Gasteiger partial charge in [0.05, 0.1) is 12.6 Å². The number of nitrogens with one attached hydrogen (secondary N) is 1. The summed E-state index contributed by atoms with van der Waals surface area (Å²) in [7, 11) is -1.91. The number of ether oxygens (including phenoxy) is 1. The zero-order valence-electron chi connectivity index (χ0n) is 14.6. The van der Waals surface area contributed by atoms with E-state index in [1.54, 1.807) is 24.6 Å². The topological polar surface area (TPSA) is 75.7 Å². The molecule has 1 atom stereocenters.